The van der Waals surface area contributed by atoms with Gasteiger partial charge in [0.05, 0.1) is 14.2 Å². The Labute approximate surface area is 123 Å². The second kappa shape index (κ2) is 6.85. The van der Waals surface area contributed by atoms with E-state index < -0.39 is 0 Å². The molecule has 0 aliphatic heterocycles. The van der Waals surface area contributed by atoms with Crippen LogP contribution in [-0.2, 0) is 13.1 Å². The minimum atomic E-state index is 0.218. The van der Waals surface area contributed by atoms with Crippen LogP contribution in [0.1, 0.15) is 11.1 Å². The highest BCUT2D eigenvalue weighted by molar-refractivity contribution is 5.36. The molecule has 0 fully saturated rings. The molecule has 2 aromatic rings. The predicted octanol–water partition coefficient (Wildman–Crippen LogP) is 0.984. The summed E-state index contributed by atoms with van der Waals surface area (Å²) in [5.74, 6) is 0.477. The maximum atomic E-state index is 5.76. The summed E-state index contributed by atoms with van der Waals surface area (Å²) < 4.78 is 10.1. The quantitative estimate of drug-likeness (QED) is 0.848. The smallest absolute Gasteiger partial charge is 0.324 e. The van der Waals surface area contributed by atoms with Gasteiger partial charge in [0.2, 0.25) is 5.95 Å². The van der Waals surface area contributed by atoms with E-state index in [4.69, 9.17) is 15.2 Å². The molecule has 0 radical (unpaired) electrons. The number of nitrogens with zero attached hydrogens (tertiary/aromatic N) is 4. The highest BCUT2D eigenvalue weighted by atomic mass is 16.5. The van der Waals surface area contributed by atoms with Gasteiger partial charge in [-0.3, -0.25) is 0 Å². The van der Waals surface area contributed by atoms with Crippen molar-refractivity contribution in [1.29, 1.82) is 0 Å². The Morgan fingerprint density at radius 3 is 2.10 bits per heavy atom. The average Bonchev–Trinajstić information content (AvgIpc) is 2.54. The third kappa shape index (κ3) is 3.57. The lowest BCUT2D eigenvalue weighted by Gasteiger charge is -2.19. The van der Waals surface area contributed by atoms with Gasteiger partial charge in [-0.1, -0.05) is 24.3 Å². The van der Waals surface area contributed by atoms with Crippen LogP contribution in [0.3, 0.4) is 0 Å². The summed E-state index contributed by atoms with van der Waals surface area (Å²) in [4.78, 5) is 14.3. The molecular weight excluding hydrogens is 270 g/mol. The zero-order valence-corrected chi connectivity index (χ0v) is 12.4. The highest BCUT2D eigenvalue weighted by Crippen LogP contribution is 2.18. The SMILES string of the molecule is COc1nc(OC)nc(N(C)Cc2ccccc2CN)n1. The Bertz CT molecular complexity index is 583. The summed E-state index contributed by atoms with van der Waals surface area (Å²) in [6.45, 7) is 1.12. The van der Waals surface area contributed by atoms with Gasteiger partial charge in [-0.25, -0.2) is 0 Å². The summed E-state index contributed by atoms with van der Waals surface area (Å²) in [7, 11) is 4.89. The van der Waals surface area contributed by atoms with Gasteiger partial charge in [0.1, 0.15) is 0 Å². The third-order valence-corrected chi connectivity index (χ3v) is 3.03. The topological polar surface area (TPSA) is 86.4 Å². The van der Waals surface area contributed by atoms with Crippen molar-refractivity contribution >= 4 is 5.95 Å². The number of nitrogens with two attached hydrogens (primary N) is 1. The van der Waals surface area contributed by atoms with Gasteiger partial charge in [-0.05, 0) is 11.1 Å². The Morgan fingerprint density at radius 1 is 1.00 bits per heavy atom. The minimum absolute atomic E-state index is 0.218. The van der Waals surface area contributed by atoms with Crippen molar-refractivity contribution in [3.63, 3.8) is 0 Å². The summed E-state index contributed by atoms with van der Waals surface area (Å²) in [6.07, 6.45) is 0. The highest BCUT2D eigenvalue weighted by Gasteiger charge is 2.12. The number of benzene rings is 1. The van der Waals surface area contributed by atoms with Crippen molar-refractivity contribution in [2.24, 2.45) is 5.73 Å². The van der Waals surface area contributed by atoms with E-state index in [1.807, 2.05) is 36.2 Å². The molecule has 0 spiro atoms. The molecule has 1 aromatic heterocycles. The Kier molecular flexibility index (Phi) is 4.89. The van der Waals surface area contributed by atoms with E-state index in [-0.39, 0.29) is 12.0 Å². The fourth-order valence-electron chi connectivity index (χ4n) is 1.92. The van der Waals surface area contributed by atoms with Crippen LogP contribution in [0, 0.1) is 0 Å². The van der Waals surface area contributed by atoms with Crippen LogP contribution in [0.2, 0.25) is 0 Å². The van der Waals surface area contributed by atoms with Gasteiger partial charge in [-0.2, -0.15) is 9.97 Å². The van der Waals surface area contributed by atoms with Crippen LogP contribution in [0.5, 0.6) is 12.0 Å². The van der Waals surface area contributed by atoms with Crippen LogP contribution in [-0.4, -0.2) is 36.2 Å². The normalized spacial score (nSPS) is 10.3. The second-order valence-corrected chi connectivity index (χ2v) is 4.44. The van der Waals surface area contributed by atoms with Gasteiger partial charge in [0.25, 0.3) is 0 Å². The van der Waals surface area contributed by atoms with Crippen LogP contribution in [0.4, 0.5) is 5.95 Å². The van der Waals surface area contributed by atoms with Crippen molar-refractivity contribution in [3.8, 4) is 12.0 Å². The molecule has 7 nitrogen and oxygen atoms in total. The number of hydrogen-bond donors (Lipinski definition) is 1. The molecule has 112 valence electrons. The maximum absolute atomic E-state index is 5.76. The number of aromatic nitrogens is 3. The first-order valence-electron chi connectivity index (χ1n) is 6.50. The first-order valence-corrected chi connectivity index (χ1v) is 6.50. The summed E-state index contributed by atoms with van der Waals surface area (Å²) >= 11 is 0. The molecule has 0 saturated carbocycles. The Balaban J connectivity index is 2.25. The van der Waals surface area contributed by atoms with E-state index in [2.05, 4.69) is 15.0 Å². The van der Waals surface area contributed by atoms with Crippen LogP contribution in [0.25, 0.3) is 0 Å². The third-order valence-electron chi connectivity index (χ3n) is 3.03. The molecule has 0 saturated heterocycles. The van der Waals surface area contributed by atoms with Crippen LogP contribution < -0.4 is 20.1 Å². The second-order valence-electron chi connectivity index (χ2n) is 4.44. The summed E-state index contributed by atoms with van der Waals surface area (Å²) in [5, 5.41) is 0. The monoisotopic (exact) mass is 289 g/mol. The van der Waals surface area contributed by atoms with E-state index in [0.29, 0.717) is 19.0 Å². The van der Waals surface area contributed by atoms with E-state index in [1.165, 1.54) is 14.2 Å². The number of ether oxygens (including phenoxy) is 2. The van der Waals surface area contributed by atoms with Gasteiger partial charge < -0.3 is 20.1 Å². The lowest BCUT2D eigenvalue weighted by molar-refractivity contribution is 0.340. The van der Waals surface area contributed by atoms with Crippen molar-refractivity contribution in [3.05, 3.63) is 35.4 Å². The molecule has 0 aliphatic rings. The summed E-state index contributed by atoms with van der Waals surface area (Å²) in [5.41, 5.74) is 7.98. The molecule has 0 bridgehead atoms. The van der Waals surface area contributed by atoms with E-state index in [9.17, 15) is 0 Å². The predicted molar refractivity (Wildman–Crippen MR) is 79.4 cm³/mol. The number of methoxy groups -OCH3 is 2. The van der Waals surface area contributed by atoms with Crippen LogP contribution >= 0.6 is 0 Å². The largest absolute Gasteiger partial charge is 0.467 e. The molecule has 1 aromatic carbocycles. The molecule has 0 unspecified atom stereocenters. The number of hydrogen-bond acceptors (Lipinski definition) is 7. The lowest BCUT2D eigenvalue weighted by atomic mass is 10.1. The molecular formula is C14H19N5O2. The maximum Gasteiger partial charge on any atom is 0.324 e. The number of anilines is 1. The summed E-state index contributed by atoms with van der Waals surface area (Å²) in [6, 6.07) is 8.44. The minimum Gasteiger partial charge on any atom is -0.467 e. The van der Waals surface area contributed by atoms with Gasteiger partial charge in [-0.15, -0.1) is 4.98 Å². The zero-order valence-electron chi connectivity index (χ0n) is 12.4. The fourth-order valence-corrected chi connectivity index (χ4v) is 1.92. The van der Waals surface area contributed by atoms with E-state index >= 15 is 0 Å². The van der Waals surface area contributed by atoms with Crippen molar-refractivity contribution in [2.45, 2.75) is 13.1 Å². The molecule has 2 N–H and O–H groups in total. The van der Waals surface area contributed by atoms with Gasteiger partial charge in [0, 0.05) is 20.1 Å². The molecule has 1 heterocycles. The first kappa shape index (κ1) is 15.0. The molecule has 2 rings (SSSR count). The van der Waals surface area contributed by atoms with Crippen molar-refractivity contribution in [1.82, 2.24) is 15.0 Å². The molecule has 7 heteroatoms. The molecule has 0 aliphatic carbocycles. The Hall–Kier alpha value is -2.41. The average molecular weight is 289 g/mol. The number of rotatable bonds is 6. The Morgan fingerprint density at radius 2 is 1.57 bits per heavy atom. The zero-order chi connectivity index (χ0) is 15.2. The molecule has 21 heavy (non-hydrogen) atoms. The molecule has 0 atom stereocenters. The lowest BCUT2D eigenvalue weighted by Crippen LogP contribution is -2.21. The van der Waals surface area contributed by atoms with Gasteiger partial charge in [0.15, 0.2) is 0 Å². The van der Waals surface area contributed by atoms with Crippen LogP contribution in [0.15, 0.2) is 24.3 Å². The van der Waals surface area contributed by atoms with E-state index in [0.717, 1.165) is 11.1 Å². The molecule has 0 amide bonds. The van der Waals surface area contributed by atoms with Gasteiger partial charge >= 0.3 is 12.0 Å². The first-order chi connectivity index (χ1) is 10.2. The fraction of sp³-hybridized carbons (Fsp3) is 0.357. The standard InChI is InChI=1S/C14H19N5O2/c1-19(9-11-7-5-4-6-10(11)8-15)12-16-13(20-2)18-14(17-12)21-3/h4-7H,8-9,15H2,1-3H3. The van der Waals surface area contributed by atoms with Crippen molar-refractivity contribution < 1.29 is 9.47 Å². The van der Waals surface area contributed by atoms with E-state index in [1.54, 1.807) is 0 Å². The van der Waals surface area contributed by atoms with Crippen molar-refractivity contribution in [2.75, 3.05) is 26.2 Å².